The van der Waals surface area contributed by atoms with Gasteiger partial charge in [-0.3, -0.25) is 9.59 Å². The smallest absolute Gasteiger partial charge is 0.236 e. The summed E-state index contributed by atoms with van der Waals surface area (Å²) in [5.74, 6) is 0.149. The molecule has 0 bridgehead atoms. The number of rotatable bonds is 18. The number of nitrogens with zero attached hydrogens (tertiary/aromatic N) is 1. The van der Waals surface area contributed by atoms with Crippen molar-refractivity contribution >= 4 is 11.8 Å². The van der Waals surface area contributed by atoms with Gasteiger partial charge in [-0.15, -0.1) is 0 Å². The molecule has 1 aliphatic rings. The van der Waals surface area contributed by atoms with Crippen LogP contribution in [0.1, 0.15) is 116 Å². The number of carbonyl (C=O) groups is 2. The number of nitrogens with two attached hydrogens (primary N) is 2. The zero-order valence-corrected chi connectivity index (χ0v) is 20.2. The van der Waals surface area contributed by atoms with Crippen molar-refractivity contribution in [2.45, 2.75) is 128 Å². The van der Waals surface area contributed by atoms with Crippen LogP contribution in [0.3, 0.4) is 0 Å². The van der Waals surface area contributed by atoms with Crippen LogP contribution in [0.4, 0.5) is 0 Å². The van der Waals surface area contributed by atoms with Gasteiger partial charge in [-0.2, -0.15) is 0 Å². The van der Waals surface area contributed by atoms with Gasteiger partial charge in [0.2, 0.25) is 11.8 Å². The molecule has 1 saturated heterocycles. The van der Waals surface area contributed by atoms with E-state index in [-0.39, 0.29) is 17.9 Å². The van der Waals surface area contributed by atoms with Crippen LogP contribution in [-0.4, -0.2) is 48.4 Å². The molecular weight excluding hydrogens is 388 g/mol. The summed E-state index contributed by atoms with van der Waals surface area (Å²) in [4.78, 5) is 27.0. The van der Waals surface area contributed by atoms with E-state index < -0.39 is 6.04 Å². The molecule has 6 nitrogen and oxygen atoms in total. The van der Waals surface area contributed by atoms with Crippen LogP contribution < -0.4 is 16.8 Å². The van der Waals surface area contributed by atoms with Crippen LogP contribution in [0.5, 0.6) is 0 Å². The predicted molar refractivity (Wildman–Crippen MR) is 130 cm³/mol. The molecule has 0 radical (unpaired) electrons. The molecule has 0 spiro atoms. The lowest BCUT2D eigenvalue weighted by Crippen LogP contribution is -2.51. The highest BCUT2D eigenvalue weighted by Crippen LogP contribution is 2.19. The third kappa shape index (κ3) is 13.1. The molecule has 6 heteroatoms. The molecule has 0 aliphatic carbocycles. The largest absolute Gasteiger partial charge is 0.353 e. The standard InChI is InChI=1S/C25H50N4O2/c1-2-3-4-5-6-7-8-9-10-11-18-24(30)29-20-15-13-16-22(29)21-28-25(31)23(27)17-12-14-19-26/h22-23H,2-21,26-27H2,1H3,(H,28,31)/t22-,23+/m1/s1. The number of piperidine rings is 1. The maximum atomic E-state index is 12.8. The Kier molecular flexibility index (Phi) is 16.6. The van der Waals surface area contributed by atoms with Crippen molar-refractivity contribution in [3.05, 3.63) is 0 Å². The Morgan fingerprint density at radius 3 is 2.23 bits per heavy atom. The highest BCUT2D eigenvalue weighted by atomic mass is 16.2. The fourth-order valence-corrected chi connectivity index (χ4v) is 4.44. The van der Waals surface area contributed by atoms with E-state index in [9.17, 15) is 9.59 Å². The van der Waals surface area contributed by atoms with Crippen LogP contribution in [0.2, 0.25) is 0 Å². The number of carbonyl (C=O) groups excluding carboxylic acids is 2. The Hall–Kier alpha value is -1.14. The Bertz CT molecular complexity index is 472. The third-order valence-corrected chi connectivity index (χ3v) is 6.51. The van der Waals surface area contributed by atoms with Crippen LogP contribution in [0.25, 0.3) is 0 Å². The molecule has 1 rings (SSSR count). The van der Waals surface area contributed by atoms with Gasteiger partial charge in [-0.05, 0) is 45.1 Å². The summed E-state index contributed by atoms with van der Waals surface area (Å²) in [6.07, 6.45) is 19.0. The highest BCUT2D eigenvalue weighted by molar-refractivity contribution is 5.81. The first-order chi connectivity index (χ1) is 15.1. The van der Waals surface area contributed by atoms with E-state index >= 15 is 0 Å². The highest BCUT2D eigenvalue weighted by Gasteiger charge is 2.27. The fourth-order valence-electron chi connectivity index (χ4n) is 4.44. The third-order valence-electron chi connectivity index (χ3n) is 6.51. The topological polar surface area (TPSA) is 101 Å². The van der Waals surface area contributed by atoms with Gasteiger partial charge in [0.05, 0.1) is 6.04 Å². The number of hydrogen-bond donors (Lipinski definition) is 3. The average molecular weight is 439 g/mol. The van der Waals surface area contributed by atoms with Crippen molar-refractivity contribution in [3.63, 3.8) is 0 Å². The summed E-state index contributed by atoms with van der Waals surface area (Å²) in [5.41, 5.74) is 11.5. The lowest BCUT2D eigenvalue weighted by Gasteiger charge is -2.36. The molecule has 0 aromatic rings. The summed E-state index contributed by atoms with van der Waals surface area (Å²) in [5, 5.41) is 2.98. The molecule has 0 unspecified atom stereocenters. The van der Waals surface area contributed by atoms with Crippen molar-refractivity contribution < 1.29 is 9.59 Å². The van der Waals surface area contributed by atoms with Crippen LogP contribution in [0.15, 0.2) is 0 Å². The zero-order chi connectivity index (χ0) is 22.7. The summed E-state index contributed by atoms with van der Waals surface area (Å²) in [6.45, 7) is 4.23. The average Bonchev–Trinajstić information content (AvgIpc) is 2.78. The minimum absolute atomic E-state index is 0.107. The monoisotopic (exact) mass is 438 g/mol. The van der Waals surface area contributed by atoms with E-state index in [1.807, 2.05) is 4.90 Å². The van der Waals surface area contributed by atoms with Gasteiger partial charge >= 0.3 is 0 Å². The van der Waals surface area contributed by atoms with E-state index in [4.69, 9.17) is 11.5 Å². The van der Waals surface area contributed by atoms with Gasteiger partial charge in [-0.1, -0.05) is 71.1 Å². The molecule has 2 amide bonds. The molecule has 0 aromatic carbocycles. The summed E-state index contributed by atoms with van der Waals surface area (Å²) in [7, 11) is 0. The Labute approximate surface area is 191 Å². The molecule has 31 heavy (non-hydrogen) atoms. The van der Waals surface area contributed by atoms with Crippen molar-refractivity contribution in [2.24, 2.45) is 11.5 Å². The van der Waals surface area contributed by atoms with Crippen molar-refractivity contribution in [1.29, 1.82) is 0 Å². The molecule has 1 aliphatic heterocycles. The number of amides is 2. The van der Waals surface area contributed by atoms with E-state index in [1.54, 1.807) is 0 Å². The van der Waals surface area contributed by atoms with Crippen molar-refractivity contribution in [1.82, 2.24) is 10.2 Å². The Balaban J connectivity index is 2.20. The maximum Gasteiger partial charge on any atom is 0.236 e. The van der Waals surface area contributed by atoms with Crippen LogP contribution in [-0.2, 0) is 9.59 Å². The van der Waals surface area contributed by atoms with E-state index in [1.165, 1.54) is 51.4 Å². The van der Waals surface area contributed by atoms with Gasteiger partial charge < -0.3 is 21.7 Å². The molecule has 2 atom stereocenters. The van der Waals surface area contributed by atoms with Crippen molar-refractivity contribution in [2.75, 3.05) is 19.6 Å². The quantitative estimate of drug-likeness (QED) is 0.278. The maximum absolute atomic E-state index is 12.8. The lowest BCUT2D eigenvalue weighted by atomic mass is 10.0. The summed E-state index contributed by atoms with van der Waals surface area (Å²) >= 11 is 0. The SMILES string of the molecule is CCCCCCCCCCCCC(=O)N1CCCC[C@@H]1CNC(=O)[C@@H](N)CCCCN. The van der Waals surface area contributed by atoms with E-state index in [0.29, 0.717) is 25.9 Å². The first-order valence-electron chi connectivity index (χ1n) is 13.1. The number of unbranched alkanes of at least 4 members (excludes halogenated alkanes) is 10. The zero-order valence-electron chi connectivity index (χ0n) is 20.2. The molecule has 0 aromatic heterocycles. The second-order valence-electron chi connectivity index (χ2n) is 9.30. The lowest BCUT2D eigenvalue weighted by molar-refractivity contribution is -0.135. The summed E-state index contributed by atoms with van der Waals surface area (Å²) < 4.78 is 0. The molecule has 5 N–H and O–H groups in total. The van der Waals surface area contributed by atoms with Gasteiger partial charge in [0.1, 0.15) is 0 Å². The minimum Gasteiger partial charge on any atom is -0.353 e. The van der Waals surface area contributed by atoms with Crippen LogP contribution >= 0.6 is 0 Å². The number of nitrogens with one attached hydrogen (secondary N) is 1. The normalized spacial score (nSPS) is 17.5. The minimum atomic E-state index is -0.481. The Morgan fingerprint density at radius 2 is 1.58 bits per heavy atom. The van der Waals surface area contributed by atoms with Gasteiger partial charge in [-0.25, -0.2) is 0 Å². The second-order valence-corrected chi connectivity index (χ2v) is 9.30. The first kappa shape index (κ1) is 27.9. The van der Waals surface area contributed by atoms with Gasteiger partial charge in [0, 0.05) is 25.6 Å². The first-order valence-corrected chi connectivity index (χ1v) is 13.1. The summed E-state index contributed by atoms with van der Waals surface area (Å²) in [6, 6.07) is -0.365. The molecule has 1 heterocycles. The second kappa shape index (κ2) is 18.4. The van der Waals surface area contributed by atoms with E-state index in [0.717, 1.165) is 51.5 Å². The fraction of sp³-hybridized carbons (Fsp3) is 0.920. The molecule has 0 saturated carbocycles. The predicted octanol–water partition coefficient (Wildman–Crippen LogP) is 4.25. The number of likely N-dealkylation sites (tertiary alicyclic amines) is 1. The Morgan fingerprint density at radius 1 is 0.935 bits per heavy atom. The van der Waals surface area contributed by atoms with Crippen molar-refractivity contribution in [3.8, 4) is 0 Å². The van der Waals surface area contributed by atoms with Crippen LogP contribution in [0, 0.1) is 0 Å². The number of hydrogen-bond acceptors (Lipinski definition) is 4. The van der Waals surface area contributed by atoms with E-state index in [2.05, 4.69) is 12.2 Å². The molecule has 182 valence electrons. The van der Waals surface area contributed by atoms with Gasteiger partial charge in [0.25, 0.3) is 0 Å². The molecule has 1 fully saturated rings. The molecular formula is C25H50N4O2. The van der Waals surface area contributed by atoms with Gasteiger partial charge in [0.15, 0.2) is 0 Å².